The molecule has 0 amide bonds. The average molecular weight is 206 g/mol. The number of aryl methyl sites for hydroxylation is 1. The maximum Gasteiger partial charge on any atom is 0.128 e. The Balaban J connectivity index is 1.98. The Kier molecular flexibility index (Phi) is 3.21. The lowest BCUT2D eigenvalue weighted by molar-refractivity contribution is 0.263. The van der Waals surface area contributed by atoms with Crippen LogP contribution in [0.4, 0.5) is 5.82 Å². The lowest BCUT2D eigenvalue weighted by atomic mass is 10.1. The molecule has 0 bridgehead atoms. The van der Waals surface area contributed by atoms with Crippen LogP contribution in [0.5, 0.6) is 0 Å². The van der Waals surface area contributed by atoms with Gasteiger partial charge in [0.25, 0.3) is 0 Å². The van der Waals surface area contributed by atoms with Crippen LogP contribution < -0.4 is 4.90 Å². The van der Waals surface area contributed by atoms with Crippen LogP contribution in [0.25, 0.3) is 0 Å². The van der Waals surface area contributed by atoms with E-state index in [4.69, 9.17) is 5.11 Å². The second-order valence-electron chi connectivity index (χ2n) is 4.31. The summed E-state index contributed by atoms with van der Waals surface area (Å²) in [7, 11) is 0. The molecule has 0 unspecified atom stereocenters. The zero-order chi connectivity index (χ0) is 10.7. The van der Waals surface area contributed by atoms with E-state index >= 15 is 0 Å². The molecule has 1 saturated heterocycles. The molecule has 0 saturated carbocycles. The van der Waals surface area contributed by atoms with E-state index in [9.17, 15) is 0 Å². The molecular weight excluding hydrogens is 188 g/mol. The van der Waals surface area contributed by atoms with E-state index in [0.717, 1.165) is 25.3 Å². The van der Waals surface area contributed by atoms with Crippen molar-refractivity contribution in [1.82, 2.24) is 4.98 Å². The van der Waals surface area contributed by atoms with Crippen molar-refractivity contribution < 1.29 is 5.11 Å². The minimum absolute atomic E-state index is 0.305. The zero-order valence-electron chi connectivity index (χ0n) is 9.19. The van der Waals surface area contributed by atoms with Crippen molar-refractivity contribution in [2.75, 3.05) is 24.6 Å². The summed E-state index contributed by atoms with van der Waals surface area (Å²) in [6.45, 7) is 4.46. The monoisotopic (exact) mass is 206 g/mol. The summed E-state index contributed by atoms with van der Waals surface area (Å²) in [5.74, 6) is 1.71. The molecule has 1 fully saturated rings. The van der Waals surface area contributed by atoms with Crippen molar-refractivity contribution in [3.63, 3.8) is 0 Å². The second kappa shape index (κ2) is 4.62. The van der Waals surface area contributed by atoms with Gasteiger partial charge in [0.05, 0.1) is 0 Å². The summed E-state index contributed by atoms with van der Waals surface area (Å²) in [6.07, 6.45) is 4.01. The van der Waals surface area contributed by atoms with E-state index in [2.05, 4.69) is 28.9 Å². The predicted molar refractivity (Wildman–Crippen MR) is 61.0 cm³/mol. The molecular formula is C12H18N2O. The van der Waals surface area contributed by atoms with E-state index in [0.29, 0.717) is 12.5 Å². The summed E-state index contributed by atoms with van der Waals surface area (Å²) >= 11 is 0. The van der Waals surface area contributed by atoms with Crippen molar-refractivity contribution in [2.24, 2.45) is 5.92 Å². The first-order valence-corrected chi connectivity index (χ1v) is 5.58. The highest BCUT2D eigenvalue weighted by molar-refractivity contribution is 5.40. The van der Waals surface area contributed by atoms with Crippen LogP contribution in [0.15, 0.2) is 18.3 Å². The third-order valence-electron chi connectivity index (χ3n) is 3.04. The Labute approximate surface area is 90.8 Å². The summed E-state index contributed by atoms with van der Waals surface area (Å²) in [4.78, 5) is 6.72. The van der Waals surface area contributed by atoms with Gasteiger partial charge in [0, 0.05) is 25.9 Å². The quantitative estimate of drug-likeness (QED) is 0.816. The van der Waals surface area contributed by atoms with Crippen LogP contribution in [-0.4, -0.2) is 29.8 Å². The number of pyridine rings is 1. The molecule has 1 N–H and O–H groups in total. The molecule has 0 radical (unpaired) electrons. The Hall–Kier alpha value is -1.09. The van der Waals surface area contributed by atoms with Gasteiger partial charge in [-0.05, 0) is 37.3 Å². The highest BCUT2D eigenvalue weighted by Gasteiger charge is 2.22. The van der Waals surface area contributed by atoms with Crippen LogP contribution in [0, 0.1) is 12.8 Å². The van der Waals surface area contributed by atoms with Gasteiger partial charge in [-0.3, -0.25) is 0 Å². The van der Waals surface area contributed by atoms with E-state index in [-0.39, 0.29) is 0 Å². The molecule has 1 aromatic heterocycles. The van der Waals surface area contributed by atoms with Crippen LogP contribution in [-0.2, 0) is 0 Å². The van der Waals surface area contributed by atoms with Crippen LogP contribution in [0.3, 0.4) is 0 Å². The first-order valence-electron chi connectivity index (χ1n) is 5.58. The summed E-state index contributed by atoms with van der Waals surface area (Å²) < 4.78 is 0. The summed E-state index contributed by atoms with van der Waals surface area (Å²) in [6, 6.07) is 4.18. The van der Waals surface area contributed by atoms with Gasteiger partial charge in [-0.15, -0.1) is 0 Å². The van der Waals surface area contributed by atoms with Gasteiger partial charge in [0.2, 0.25) is 0 Å². The van der Waals surface area contributed by atoms with Gasteiger partial charge in [0.1, 0.15) is 5.82 Å². The first-order chi connectivity index (χ1) is 7.29. The number of anilines is 1. The SMILES string of the molecule is Cc1ccc(N2CC[C@@H](CCO)C2)nc1. The molecule has 1 aliphatic heterocycles. The summed E-state index contributed by atoms with van der Waals surface area (Å²) in [5, 5.41) is 8.89. The van der Waals surface area contributed by atoms with E-state index < -0.39 is 0 Å². The number of hydrogen-bond donors (Lipinski definition) is 1. The third-order valence-corrected chi connectivity index (χ3v) is 3.04. The summed E-state index contributed by atoms with van der Waals surface area (Å²) in [5.41, 5.74) is 1.20. The van der Waals surface area contributed by atoms with Crippen LogP contribution >= 0.6 is 0 Å². The van der Waals surface area contributed by atoms with E-state index in [1.807, 2.05) is 6.20 Å². The van der Waals surface area contributed by atoms with Crippen molar-refractivity contribution in [1.29, 1.82) is 0 Å². The zero-order valence-corrected chi connectivity index (χ0v) is 9.19. The molecule has 3 nitrogen and oxygen atoms in total. The second-order valence-corrected chi connectivity index (χ2v) is 4.31. The molecule has 82 valence electrons. The molecule has 2 rings (SSSR count). The van der Waals surface area contributed by atoms with Gasteiger partial charge in [0.15, 0.2) is 0 Å². The molecule has 1 aromatic rings. The molecule has 15 heavy (non-hydrogen) atoms. The van der Waals surface area contributed by atoms with Crippen molar-refractivity contribution >= 4 is 5.82 Å². The van der Waals surface area contributed by atoms with Crippen molar-refractivity contribution in [3.05, 3.63) is 23.9 Å². The highest BCUT2D eigenvalue weighted by atomic mass is 16.3. The van der Waals surface area contributed by atoms with Gasteiger partial charge >= 0.3 is 0 Å². The minimum Gasteiger partial charge on any atom is -0.396 e. The standard InChI is InChI=1S/C12H18N2O/c1-10-2-3-12(13-8-10)14-6-4-11(9-14)5-7-15/h2-3,8,11,15H,4-7,9H2,1H3/t11-/m0/s1. The van der Waals surface area contributed by atoms with Gasteiger partial charge in [-0.2, -0.15) is 0 Å². The van der Waals surface area contributed by atoms with Crippen molar-refractivity contribution in [2.45, 2.75) is 19.8 Å². The lowest BCUT2D eigenvalue weighted by Crippen LogP contribution is -2.20. The molecule has 1 aliphatic rings. The molecule has 0 aliphatic carbocycles. The number of nitrogens with zero attached hydrogens (tertiary/aromatic N) is 2. The normalized spacial score (nSPS) is 20.9. The number of hydrogen-bond acceptors (Lipinski definition) is 3. The average Bonchev–Trinajstić information content (AvgIpc) is 2.68. The van der Waals surface area contributed by atoms with Crippen LogP contribution in [0.1, 0.15) is 18.4 Å². The fourth-order valence-corrected chi connectivity index (χ4v) is 2.11. The maximum absolute atomic E-state index is 8.89. The van der Waals surface area contributed by atoms with E-state index in [1.54, 1.807) is 0 Å². The number of aromatic nitrogens is 1. The Morgan fingerprint density at radius 2 is 2.40 bits per heavy atom. The van der Waals surface area contributed by atoms with Gasteiger partial charge < -0.3 is 10.0 Å². The Bertz CT molecular complexity index is 310. The Morgan fingerprint density at radius 1 is 1.53 bits per heavy atom. The fraction of sp³-hybridized carbons (Fsp3) is 0.583. The smallest absolute Gasteiger partial charge is 0.128 e. The molecule has 1 atom stereocenters. The lowest BCUT2D eigenvalue weighted by Gasteiger charge is -2.17. The third kappa shape index (κ3) is 2.48. The maximum atomic E-state index is 8.89. The molecule has 0 aromatic carbocycles. The number of rotatable bonds is 3. The number of aliphatic hydroxyl groups is 1. The molecule has 3 heteroatoms. The molecule has 2 heterocycles. The first kappa shape index (κ1) is 10.4. The highest BCUT2D eigenvalue weighted by Crippen LogP contribution is 2.23. The van der Waals surface area contributed by atoms with Gasteiger partial charge in [-0.25, -0.2) is 4.98 Å². The van der Waals surface area contributed by atoms with Gasteiger partial charge in [-0.1, -0.05) is 6.07 Å². The van der Waals surface area contributed by atoms with Crippen LogP contribution in [0.2, 0.25) is 0 Å². The topological polar surface area (TPSA) is 36.4 Å². The molecule has 0 spiro atoms. The fourth-order valence-electron chi connectivity index (χ4n) is 2.11. The number of aliphatic hydroxyl groups excluding tert-OH is 1. The predicted octanol–water partition coefficient (Wildman–Crippen LogP) is 1.60. The Morgan fingerprint density at radius 3 is 3.07 bits per heavy atom. The van der Waals surface area contributed by atoms with E-state index in [1.165, 1.54) is 12.0 Å². The minimum atomic E-state index is 0.305. The van der Waals surface area contributed by atoms with Crippen molar-refractivity contribution in [3.8, 4) is 0 Å². The largest absolute Gasteiger partial charge is 0.396 e.